The predicted molar refractivity (Wildman–Crippen MR) is 297 cm³/mol. The van der Waals surface area contributed by atoms with Crippen molar-refractivity contribution >= 4 is 62.6 Å². The lowest BCUT2D eigenvalue weighted by atomic mass is 10.0. The van der Waals surface area contributed by atoms with Gasteiger partial charge in [-0.2, -0.15) is 25.2 Å². The number of ether oxygens (including phenoxy) is 1. The van der Waals surface area contributed by atoms with Gasteiger partial charge in [0, 0.05) is 85.0 Å². The molecule has 2 fully saturated rings. The van der Waals surface area contributed by atoms with Crippen LogP contribution >= 0.6 is 11.6 Å². The number of nitriles is 1. The molecule has 2 saturated heterocycles. The molecular weight excluding hydrogens is 962 g/mol. The molecule has 3 atom stereocenters. The zero-order valence-corrected chi connectivity index (χ0v) is 44.1. The molecule has 7 heterocycles. The van der Waals surface area contributed by atoms with Crippen LogP contribution in [0.4, 0.5) is 23.3 Å². The molecule has 0 saturated carbocycles. The number of carbonyl (C=O) groups is 1. The molecule has 0 bridgehead atoms. The van der Waals surface area contributed by atoms with Crippen LogP contribution in [-0.4, -0.2) is 128 Å². The summed E-state index contributed by atoms with van der Waals surface area (Å²) in [6.07, 6.45) is 7.34. The maximum Gasteiger partial charge on any atom is 0.318 e. The van der Waals surface area contributed by atoms with E-state index in [-0.39, 0.29) is 37.6 Å². The molecular formula is C58H66ClN13O3. The van der Waals surface area contributed by atoms with E-state index >= 15 is 0 Å². The van der Waals surface area contributed by atoms with Crippen LogP contribution in [-0.2, 0) is 24.3 Å². The van der Waals surface area contributed by atoms with Crippen LogP contribution in [0.15, 0.2) is 109 Å². The number of nitrogens with one attached hydrogen (secondary N) is 1. The molecule has 0 spiro atoms. The SMILES string of the molecule is C=C(CN(c1nc(NCc2ccc(-c3ccccn3)cc2)c2ccn(C(C)C)c2n1)[C@H](CC)CO)C(=O)N1CCN(c2nc(OC[C@@H]3CCCN3C)nc3c2CCN(c2cccc4cccc(Cl)c24)C3)C[C@@H]1CC#N. The molecule has 17 heteroatoms. The molecule has 16 nitrogen and oxygen atoms in total. The summed E-state index contributed by atoms with van der Waals surface area (Å²) in [5.41, 5.74) is 7.03. The lowest BCUT2D eigenvalue weighted by Crippen LogP contribution is -2.56. The fourth-order valence-electron chi connectivity index (χ4n) is 10.9. The van der Waals surface area contributed by atoms with Gasteiger partial charge in [-0.3, -0.25) is 9.78 Å². The van der Waals surface area contributed by atoms with Gasteiger partial charge < -0.3 is 44.2 Å². The van der Waals surface area contributed by atoms with E-state index in [1.165, 1.54) is 0 Å². The van der Waals surface area contributed by atoms with Crippen molar-refractivity contribution in [2.75, 3.05) is 79.5 Å². The number of aromatic nitrogens is 6. The standard InChI is InChI=1S/C58H66ClN13O3/c1-6-43(36-73)72(57-64-53(47-24-29-70(38(2)3)55(47)65-57)62-32-40-18-20-41(21-19-40)49-16-7-8-26-61-49)33-39(4)56(74)71-31-30-69(34-44(71)22-25-60)54-46-23-28-68(51-17-10-13-42-12-9-15-48(59)52(42)51)35-50(46)63-58(66-54)75-37-45-14-11-27-67(45)5/h7-10,12-13,15-21,24,26,29,38,43-45,73H,4,6,11,14,22-23,27-28,30-37H2,1-3,5H3,(H,62,64,65)/t43-,44+,45+/m1/s1. The molecule has 3 aromatic carbocycles. The Morgan fingerprint density at radius 2 is 1.80 bits per heavy atom. The number of aliphatic hydroxyl groups excluding tert-OH is 1. The number of hydrogen-bond acceptors (Lipinski definition) is 14. The van der Waals surface area contributed by atoms with Crippen molar-refractivity contribution in [1.82, 2.24) is 39.3 Å². The summed E-state index contributed by atoms with van der Waals surface area (Å²) in [7, 11) is 2.13. The van der Waals surface area contributed by atoms with Crippen LogP contribution in [0.25, 0.3) is 33.1 Å². The molecule has 0 unspecified atom stereocenters. The zero-order valence-electron chi connectivity index (χ0n) is 43.4. The Morgan fingerprint density at radius 1 is 0.973 bits per heavy atom. The van der Waals surface area contributed by atoms with Crippen LogP contribution in [0.1, 0.15) is 69.3 Å². The first-order valence-corrected chi connectivity index (χ1v) is 26.7. The third-order valence-corrected chi connectivity index (χ3v) is 15.5. The number of rotatable bonds is 18. The largest absolute Gasteiger partial charge is 0.462 e. The molecule has 0 aliphatic carbocycles. The van der Waals surface area contributed by atoms with E-state index in [9.17, 15) is 15.2 Å². The number of aliphatic hydroxyl groups is 1. The van der Waals surface area contributed by atoms with Gasteiger partial charge >= 0.3 is 6.01 Å². The van der Waals surface area contributed by atoms with Gasteiger partial charge in [0.15, 0.2) is 0 Å². The molecule has 0 radical (unpaired) electrons. The minimum Gasteiger partial charge on any atom is -0.462 e. The van der Waals surface area contributed by atoms with E-state index in [2.05, 4.69) is 112 Å². The molecule has 3 aliphatic rings. The number of amides is 1. The minimum absolute atomic E-state index is 0.0639. The highest BCUT2D eigenvalue weighted by atomic mass is 35.5. The van der Waals surface area contributed by atoms with Gasteiger partial charge in [0.25, 0.3) is 5.91 Å². The Balaban J connectivity index is 0.900. The van der Waals surface area contributed by atoms with Crippen LogP contribution in [0.3, 0.4) is 0 Å². The number of nitrogens with zero attached hydrogens (tertiary/aromatic N) is 12. The molecule has 3 aliphatic heterocycles. The van der Waals surface area contributed by atoms with Gasteiger partial charge in [0.1, 0.15) is 23.9 Å². The van der Waals surface area contributed by atoms with Gasteiger partial charge in [-0.05, 0) is 94.4 Å². The molecule has 2 N–H and O–H groups in total. The quantitative estimate of drug-likeness (QED) is 0.0781. The van der Waals surface area contributed by atoms with Gasteiger partial charge in [0.05, 0.1) is 66.1 Å². The van der Waals surface area contributed by atoms with E-state index in [4.69, 9.17) is 36.3 Å². The molecule has 388 valence electrons. The lowest BCUT2D eigenvalue weighted by molar-refractivity contribution is -0.129. The average molecular weight is 1030 g/mol. The van der Waals surface area contributed by atoms with Crippen molar-refractivity contribution in [2.24, 2.45) is 0 Å². The lowest BCUT2D eigenvalue weighted by Gasteiger charge is -2.43. The number of carbonyl (C=O) groups excluding carboxylic acids is 1. The zero-order chi connectivity index (χ0) is 52.2. The Hall–Kier alpha value is -7.32. The third kappa shape index (κ3) is 10.8. The van der Waals surface area contributed by atoms with Gasteiger partial charge in [-0.25, -0.2) is 0 Å². The van der Waals surface area contributed by atoms with Crippen molar-refractivity contribution in [3.8, 4) is 23.3 Å². The van der Waals surface area contributed by atoms with Crippen LogP contribution in [0.2, 0.25) is 5.02 Å². The normalized spacial score (nSPS) is 17.3. The number of fused-ring (bicyclic) bond motifs is 3. The second-order valence-corrected chi connectivity index (χ2v) is 20.7. The summed E-state index contributed by atoms with van der Waals surface area (Å²) in [4.78, 5) is 50.4. The number of anilines is 4. The van der Waals surface area contributed by atoms with Crippen molar-refractivity contribution in [3.05, 3.63) is 131 Å². The summed E-state index contributed by atoms with van der Waals surface area (Å²) >= 11 is 6.84. The van der Waals surface area contributed by atoms with Crippen molar-refractivity contribution in [2.45, 2.75) is 90.1 Å². The molecule has 75 heavy (non-hydrogen) atoms. The van der Waals surface area contributed by atoms with Crippen LogP contribution < -0.4 is 24.8 Å². The molecule has 10 rings (SSSR count). The summed E-state index contributed by atoms with van der Waals surface area (Å²) in [5.74, 6) is 1.53. The average Bonchev–Trinajstić information content (AvgIpc) is 4.07. The van der Waals surface area contributed by atoms with E-state index < -0.39 is 12.1 Å². The predicted octanol–water partition coefficient (Wildman–Crippen LogP) is 9.08. The molecule has 1 amide bonds. The monoisotopic (exact) mass is 1030 g/mol. The number of benzene rings is 3. The third-order valence-electron chi connectivity index (χ3n) is 15.2. The minimum atomic E-state index is -0.461. The van der Waals surface area contributed by atoms with Crippen molar-refractivity contribution < 1.29 is 14.6 Å². The van der Waals surface area contributed by atoms with Gasteiger partial charge in [-0.1, -0.05) is 79.7 Å². The Labute approximate surface area is 444 Å². The molecule has 7 aromatic rings. The topological polar surface area (TPSA) is 168 Å². The highest BCUT2D eigenvalue weighted by Gasteiger charge is 2.36. The van der Waals surface area contributed by atoms with E-state index in [0.29, 0.717) is 80.5 Å². The maximum atomic E-state index is 14.8. The second-order valence-electron chi connectivity index (χ2n) is 20.3. The first kappa shape index (κ1) is 51.2. The molecule has 4 aromatic heterocycles. The summed E-state index contributed by atoms with van der Waals surface area (Å²) in [6, 6.07) is 30.7. The summed E-state index contributed by atoms with van der Waals surface area (Å²) < 4.78 is 8.57. The van der Waals surface area contributed by atoms with Crippen molar-refractivity contribution in [3.63, 3.8) is 0 Å². The maximum absolute atomic E-state index is 14.8. The highest BCUT2D eigenvalue weighted by molar-refractivity contribution is 6.36. The van der Waals surface area contributed by atoms with E-state index in [0.717, 1.165) is 87.3 Å². The Morgan fingerprint density at radius 3 is 2.53 bits per heavy atom. The fourth-order valence-corrected chi connectivity index (χ4v) is 11.2. The van der Waals surface area contributed by atoms with E-state index in [1.54, 1.807) is 11.1 Å². The number of halogens is 1. The van der Waals surface area contributed by atoms with Crippen molar-refractivity contribution in [1.29, 1.82) is 5.26 Å². The smallest absolute Gasteiger partial charge is 0.318 e. The Kier molecular flexibility index (Phi) is 15.5. The number of hydrogen-bond donors (Lipinski definition) is 2. The van der Waals surface area contributed by atoms with Gasteiger partial charge in [0.2, 0.25) is 5.95 Å². The number of likely N-dealkylation sites (N-methyl/N-ethyl adjacent to an activating group) is 1. The number of likely N-dealkylation sites (tertiary alicyclic amines) is 1. The number of piperazine rings is 1. The van der Waals surface area contributed by atoms with Crippen LogP contribution in [0.5, 0.6) is 6.01 Å². The summed E-state index contributed by atoms with van der Waals surface area (Å²) in [5, 5.41) is 28.4. The fraction of sp³-hybridized carbons (Fsp3) is 0.397. The summed E-state index contributed by atoms with van der Waals surface area (Å²) in [6.45, 7) is 14.9. The van der Waals surface area contributed by atoms with Gasteiger partial charge in [-0.15, -0.1) is 0 Å². The number of pyridine rings is 1. The second kappa shape index (κ2) is 22.7. The first-order valence-electron chi connectivity index (χ1n) is 26.3. The van der Waals surface area contributed by atoms with Crippen LogP contribution in [0, 0.1) is 11.3 Å². The first-order chi connectivity index (χ1) is 36.5. The highest BCUT2D eigenvalue weighted by Crippen LogP contribution is 2.38. The Bertz CT molecular complexity index is 3210. The van der Waals surface area contributed by atoms with E-state index in [1.807, 2.05) is 54.4 Å².